The van der Waals surface area contributed by atoms with Gasteiger partial charge in [-0.1, -0.05) is 0 Å². The number of aryl methyl sites for hydroxylation is 1. The van der Waals surface area contributed by atoms with Gasteiger partial charge in [-0.15, -0.1) is 0 Å². The molecule has 1 amide bonds. The lowest BCUT2D eigenvalue weighted by Crippen LogP contribution is -2.36. The standard InChI is InChI=1S/C14H17NO3/c1-2-17-14(16)15-6-3-4-10-9-13-11(5-7-18-13)8-12(10)15/h8-9H,2-7H2,1H3. The van der Waals surface area contributed by atoms with Gasteiger partial charge in [0.25, 0.3) is 0 Å². The highest BCUT2D eigenvalue weighted by molar-refractivity contribution is 5.89. The number of carbonyl (C=O) groups excluding carboxylic acids is 1. The molecule has 2 aliphatic heterocycles. The van der Waals surface area contributed by atoms with Crippen LogP contribution in [0.25, 0.3) is 0 Å². The third-order valence-electron chi connectivity index (χ3n) is 3.50. The maximum absolute atomic E-state index is 11.9. The zero-order chi connectivity index (χ0) is 12.5. The second-order valence-electron chi connectivity index (χ2n) is 4.64. The number of anilines is 1. The molecule has 18 heavy (non-hydrogen) atoms. The predicted octanol–water partition coefficient (Wildman–Crippen LogP) is 2.53. The topological polar surface area (TPSA) is 38.8 Å². The minimum Gasteiger partial charge on any atom is -0.493 e. The van der Waals surface area contributed by atoms with Crippen molar-refractivity contribution in [1.29, 1.82) is 0 Å². The minimum absolute atomic E-state index is 0.239. The highest BCUT2D eigenvalue weighted by Crippen LogP contribution is 2.36. The van der Waals surface area contributed by atoms with Crippen LogP contribution in [0.2, 0.25) is 0 Å². The van der Waals surface area contributed by atoms with Crippen molar-refractivity contribution in [2.45, 2.75) is 26.2 Å². The van der Waals surface area contributed by atoms with Crippen molar-refractivity contribution >= 4 is 11.8 Å². The monoisotopic (exact) mass is 247 g/mol. The van der Waals surface area contributed by atoms with Crippen molar-refractivity contribution in [3.05, 3.63) is 23.3 Å². The molecule has 1 aromatic carbocycles. The Bertz CT molecular complexity index is 484. The van der Waals surface area contributed by atoms with Gasteiger partial charge in [0.15, 0.2) is 0 Å². The summed E-state index contributed by atoms with van der Waals surface area (Å²) in [4.78, 5) is 13.7. The fourth-order valence-corrected chi connectivity index (χ4v) is 2.65. The van der Waals surface area contributed by atoms with Gasteiger partial charge >= 0.3 is 6.09 Å². The molecule has 0 radical (unpaired) electrons. The quantitative estimate of drug-likeness (QED) is 0.765. The van der Waals surface area contributed by atoms with E-state index in [0.717, 1.165) is 43.9 Å². The lowest BCUT2D eigenvalue weighted by atomic mass is 9.99. The number of hydrogen-bond acceptors (Lipinski definition) is 3. The number of nitrogens with zero attached hydrogens (tertiary/aromatic N) is 1. The third-order valence-corrected chi connectivity index (χ3v) is 3.50. The zero-order valence-corrected chi connectivity index (χ0v) is 10.6. The van der Waals surface area contributed by atoms with Gasteiger partial charge in [0, 0.05) is 13.0 Å². The van der Waals surface area contributed by atoms with Crippen LogP contribution in [0.1, 0.15) is 24.5 Å². The van der Waals surface area contributed by atoms with E-state index in [4.69, 9.17) is 9.47 Å². The van der Waals surface area contributed by atoms with Gasteiger partial charge < -0.3 is 9.47 Å². The van der Waals surface area contributed by atoms with Crippen molar-refractivity contribution in [3.8, 4) is 5.75 Å². The molecule has 2 heterocycles. The number of hydrogen-bond donors (Lipinski definition) is 0. The fraction of sp³-hybridized carbons (Fsp3) is 0.500. The molecule has 0 unspecified atom stereocenters. The Hall–Kier alpha value is -1.71. The van der Waals surface area contributed by atoms with Crippen molar-refractivity contribution in [1.82, 2.24) is 0 Å². The number of amides is 1. The first-order chi connectivity index (χ1) is 8.79. The van der Waals surface area contributed by atoms with E-state index in [1.807, 2.05) is 6.92 Å². The normalized spacial score (nSPS) is 16.8. The summed E-state index contributed by atoms with van der Waals surface area (Å²) in [5.74, 6) is 0.986. The Morgan fingerprint density at radius 1 is 1.39 bits per heavy atom. The van der Waals surface area contributed by atoms with Crippen LogP contribution in [-0.4, -0.2) is 25.9 Å². The van der Waals surface area contributed by atoms with Gasteiger partial charge in [-0.25, -0.2) is 4.79 Å². The molecule has 4 nitrogen and oxygen atoms in total. The number of fused-ring (bicyclic) bond motifs is 2. The smallest absolute Gasteiger partial charge is 0.414 e. The summed E-state index contributed by atoms with van der Waals surface area (Å²) in [5, 5.41) is 0. The molecule has 3 rings (SSSR count). The molecule has 0 atom stereocenters. The van der Waals surface area contributed by atoms with Crippen LogP contribution < -0.4 is 9.64 Å². The summed E-state index contributed by atoms with van der Waals surface area (Å²) >= 11 is 0. The van der Waals surface area contributed by atoms with Crippen molar-refractivity contribution in [2.24, 2.45) is 0 Å². The van der Waals surface area contributed by atoms with Crippen LogP contribution in [0.3, 0.4) is 0 Å². The van der Waals surface area contributed by atoms with E-state index in [1.165, 1.54) is 11.1 Å². The van der Waals surface area contributed by atoms with Gasteiger partial charge in [-0.3, -0.25) is 4.90 Å². The first-order valence-electron chi connectivity index (χ1n) is 6.52. The zero-order valence-electron chi connectivity index (χ0n) is 10.6. The van der Waals surface area contributed by atoms with Gasteiger partial charge in [-0.2, -0.15) is 0 Å². The maximum Gasteiger partial charge on any atom is 0.414 e. The summed E-state index contributed by atoms with van der Waals surface area (Å²) < 4.78 is 10.7. The molecule has 4 heteroatoms. The van der Waals surface area contributed by atoms with Gasteiger partial charge in [0.05, 0.1) is 18.9 Å². The second kappa shape index (κ2) is 4.52. The largest absolute Gasteiger partial charge is 0.493 e. The number of carbonyl (C=O) groups is 1. The molecular weight excluding hydrogens is 230 g/mol. The summed E-state index contributed by atoms with van der Waals surface area (Å²) in [6.07, 6.45) is 2.67. The SMILES string of the molecule is CCOC(=O)N1CCCc2cc3c(cc21)CCO3. The van der Waals surface area contributed by atoms with Crippen molar-refractivity contribution < 1.29 is 14.3 Å². The minimum atomic E-state index is -0.239. The lowest BCUT2D eigenvalue weighted by molar-refractivity contribution is 0.159. The van der Waals surface area contributed by atoms with E-state index < -0.39 is 0 Å². The molecular formula is C14H17NO3. The average Bonchev–Trinajstić information content (AvgIpc) is 2.82. The number of rotatable bonds is 1. The molecule has 0 fully saturated rings. The van der Waals surface area contributed by atoms with E-state index in [0.29, 0.717) is 6.61 Å². The van der Waals surface area contributed by atoms with Crippen LogP contribution >= 0.6 is 0 Å². The molecule has 0 bridgehead atoms. The van der Waals surface area contributed by atoms with E-state index in [1.54, 1.807) is 4.90 Å². The van der Waals surface area contributed by atoms with Crippen LogP contribution in [-0.2, 0) is 17.6 Å². The molecule has 0 N–H and O–H groups in total. The Morgan fingerprint density at radius 3 is 3.11 bits per heavy atom. The maximum atomic E-state index is 11.9. The van der Waals surface area contributed by atoms with Crippen LogP contribution in [0.15, 0.2) is 12.1 Å². The van der Waals surface area contributed by atoms with Gasteiger partial charge in [0.2, 0.25) is 0 Å². The third kappa shape index (κ3) is 1.82. The summed E-state index contributed by atoms with van der Waals surface area (Å²) in [6, 6.07) is 4.18. The predicted molar refractivity (Wildman–Crippen MR) is 68.3 cm³/mol. The summed E-state index contributed by atoms with van der Waals surface area (Å²) in [6.45, 7) is 3.74. The first kappa shape index (κ1) is 11.4. The molecule has 0 saturated heterocycles. The van der Waals surface area contributed by atoms with Gasteiger partial charge in [-0.05, 0) is 43.0 Å². The molecule has 0 aliphatic carbocycles. The highest BCUT2D eigenvalue weighted by atomic mass is 16.6. The molecule has 1 aromatic rings. The first-order valence-corrected chi connectivity index (χ1v) is 6.52. The van der Waals surface area contributed by atoms with Crippen molar-refractivity contribution in [2.75, 3.05) is 24.7 Å². The average molecular weight is 247 g/mol. The van der Waals surface area contributed by atoms with Crippen molar-refractivity contribution in [3.63, 3.8) is 0 Å². The van der Waals surface area contributed by atoms with E-state index in [-0.39, 0.29) is 6.09 Å². The highest BCUT2D eigenvalue weighted by Gasteiger charge is 2.26. The van der Waals surface area contributed by atoms with E-state index >= 15 is 0 Å². The van der Waals surface area contributed by atoms with Crippen LogP contribution in [0.4, 0.5) is 10.5 Å². The number of benzene rings is 1. The molecule has 0 spiro atoms. The Labute approximate surface area is 106 Å². The second-order valence-corrected chi connectivity index (χ2v) is 4.64. The fourth-order valence-electron chi connectivity index (χ4n) is 2.65. The van der Waals surface area contributed by atoms with E-state index in [2.05, 4.69) is 12.1 Å². The number of ether oxygens (including phenoxy) is 2. The summed E-state index contributed by atoms with van der Waals surface area (Å²) in [7, 11) is 0. The summed E-state index contributed by atoms with van der Waals surface area (Å²) in [5.41, 5.74) is 3.39. The van der Waals surface area contributed by atoms with E-state index in [9.17, 15) is 4.79 Å². The molecule has 0 saturated carbocycles. The molecule has 96 valence electrons. The van der Waals surface area contributed by atoms with Crippen LogP contribution in [0, 0.1) is 0 Å². The Balaban J connectivity index is 1.97. The Morgan fingerprint density at radius 2 is 2.28 bits per heavy atom. The molecule has 0 aromatic heterocycles. The lowest BCUT2D eigenvalue weighted by Gasteiger charge is -2.29. The van der Waals surface area contributed by atoms with Gasteiger partial charge in [0.1, 0.15) is 5.75 Å². The van der Waals surface area contributed by atoms with Crippen LogP contribution in [0.5, 0.6) is 5.75 Å². The molecule has 2 aliphatic rings. The Kier molecular flexibility index (Phi) is 2.86.